The quantitative estimate of drug-likeness (QED) is 0.244. The zero-order chi connectivity index (χ0) is 30.8. The Balaban J connectivity index is 1.26. The molecule has 0 saturated heterocycles. The van der Waals surface area contributed by atoms with Gasteiger partial charge in [-0.15, -0.1) is 0 Å². The van der Waals surface area contributed by atoms with Gasteiger partial charge in [0, 0.05) is 12.8 Å². The summed E-state index contributed by atoms with van der Waals surface area (Å²) in [4.78, 5) is 17.7. The minimum absolute atomic E-state index is 0.114. The standard InChI is InChI=1S/C36H54N2O5/c1-6-10-32-37-34(43-38-32)36(19-20-36)31(42-33(41)23(3)7-2)13-8-12-27-16-17-29-25(11-9-18-35(27,29)5)14-15-26-21-28(39)22-30(40)24(26)4/h14-15,23,27-31,39-40H,4,6-13,16-22H2,1-3,5H3/b25-14+,26-15-/t23?,27?,28-,29?,30+,31?,35?/m1/s1. The summed E-state index contributed by atoms with van der Waals surface area (Å²) in [6, 6.07) is 0. The molecule has 0 bridgehead atoms. The highest BCUT2D eigenvalue weighted by Crippen LogP contribution is 2.59. The van der Waals surface area contributed by atoms with Crippen LogP contribution in [0.1, 0.15) is 129 Å². The maximum absolute atomic E-state index is 13.0. The van der Waals surface area contributed by atoms with Gasteiger partial charge in [0.1, 0.15) is 6.10 Å². The summed E-state index contributed by atoms with van der Waals surface area (Å²) in [6.45, 7) is 12.7. The number of allylic oxidation sites excluding steroid dienone is 3. The number of aliphatic hydroxyl groups excluding tert-OH is 2. The van der Waals surface area contributed by atoms with Crippen LogP contribution < -0.4 is 0 Å². The van der Waals surface area contributed by atoms with E-state index < -0.39 is 12.2 Å². The predicted octanol–water partition coefficient (Wildman–Crippen LogP) is 7.32. The first-order chi connectivity index (χ1) is 20.6. The van der Waals surface area contributed by atoms with E-state index in [0.29, 0.717) is 30.6 Å². The molecule has 4 aliphatic carbocycles. The number of aliphatic hydroxyl groups is 2. The van der Waals surface area contributed by atoms with Gasteiger partial charge in [-0.1, -0.05) is 57.2 Å². The Hall–Kier alpha value is -2.25. The molecular formula is C36H54N2O5. The average molecular weight is 595 g/mol. The second kappa shape index (κ2) is 13.4. The molecule has 4 fully saturated rings. The molecule has 2 N–H and O–H groups in total. The molecule has 0 aliphatic heterocycles. The molecule has 4 saturated carbocycles. The Morgan fingerprint density at radius 2 is 2.00 bits per heavy atom. The van der Waals surface area contributed by atoms with Crippen LogP contribution in [0.2, 0.25) is 0 Å². The van der Waals surface area contributed by atoms with Crippen molar-refractivity contribution >= 4 is 5.97 Å². The van der Waals surface area contributed by atoms with Crippen molar-refractivity contribution < 1.29 is 24.3 Å². The summed E-state index contributed by atoms with van der Waals surface area (Å²) in [5.74, 6) is 2.38. The maximum Gasteiger partial charge on any atom is 0.308 e. The van der Waals surface area contributed by atoms with Crippen LogP contribution in [0.3, 0.4) is 0 Å². The Labute approximate surface area is 258 Å². The third-order valence-corrected chi connectivity index (χ3v) is 11.5. The van der Waals surface area contributed by atoms with Gasteiger partial charge in [0.25, 0.3) is 0 Å². The summed E-state index contributed by atoms with van der Waals surface area (Å²) in [6.07, 6.45) is 17.3. The highest BCUT2D eigenvalue weighted by Gasteiger charge is 2.57. The molecule has 0 amide bonds. The summed E-state index contributed by atoms with van der Waals surface area (Å²) in [5, 5.41) is 24.7. The van der Waals surface area contributed by atoms with Crippen LogP contribution in [0.5, 0.6) is 0 Å². The van der Waals surface area contributed by atoms with Gasteiger partial charge < -0.3 is 19.5 Å². The molecule has 0 radical (unpaired) electrons. The predicted molar refractivity (Wildman–Crippen MR) is 167 cm³/mol. The minimum atomic E-state index is -0.651. The normalized spacial score (nSPS) is 33.4. The Kier molecular flexibility index (Phi) is 10.0. The fourth-order valence-corrected chi connectivity index (χ4v) is 8.30. The summed E-state index contributed by atoms with van der Waals surface area (Å²) < 4.78 is 12.0. The number of nitrogens with zero attached hydrogens (tertiary/aromatic N) is 2. The van der Waals surface area contributed by atoms with Gasteiger partial charge >= 0.3 is 5.97 Å². The van der Waals surface area contributed by atoms with Crippen molar-refractivity contribution in [1.29, 1.82) is 0 Å². The van der Waals surface area contributed by atoms with Crippen LogP contribution in [0.4, 0.5) is 0 Å². The second-order valence-corrected chi connectivity index (χ2v) is 14.3. The largest absolute Gasteiger partial charge is 0.461 e. The number of rotatable bonds is 12. The number of esters is 1. The summed E-state index contributed by atoms with van der Waals surface area (Å²) in [5.41, 5.74) is 3.19. The van der Waals surface area contributed by atoms with E-state index in [1.165, 1.54) is 31.3 Å². The van der Waals surface area contributed by atoms with Crippen LogP contribution in [0.25, 0.3) is 0 Å². The highest BCUT2D eigenvalue weighted by atomic mass is 16.5. The van der Waals surface area contributed by atoms with Crippen LogP contribution >= 0.6 is 0 Å². The van der Waals surface area contributed by atoms with Gasteiger partial charge in [0.15, 0.2) is 5.82 Å². The van der Waals surface area contributed by atoms with Gasteiger partial charge in [-0.3, -0.25) is 4.79 Å². The molecule has 5 unspecified atom stereocenters. The molecule has 1 aromatic heterocycles. The van der Waals surface area contributed by atoms with Gasteiger partial charge in [0.05, 0.1) is 23.5 Å². The van der Waals surface area contributed by atoms with E-state index in [-0.39, 0.29) is 28.8 Å². The first-order valence-electron chi connectivity index (χ1n) is 17.1. The zero-order valence-corrected chi connectivity index (χ0v) is 26.9. The molecule has 43 heavy (non-hydrogen) atoms. The molecular weight excluding hydrogens is 540 g/mol. The maximum atomic E-state index is 13.0. The lowest BCUT2D eigenvalue weighted by Crippen LogP contribution is -2.35. The fraction of sp³-hybridized carbons (Fsp3) is 0.750. The van der Waals surface area contributed by atoms with Crippen LogP contribution in [0, 0.1) is 23.2 Å². The number of aromatic nitrogens is 2. The fourth-order valence-electron chi connectivity index (χ4n) is 8.30. The lowest BCUT2D eigenvalue weighted by Gasteiger charge is -2.42. The molecule has 4 aliphatic rings. The number of aryl methyl sites for hydroxylation is 1. The van der Waals surface area contributed by atoms with E-state index in [9.17, 15) is 15.0 Å². The number of fused-ring (bicyclic) bond motifs is 1. The van der Waals surface area contributed by atoms with Gasteiger partial charge in [-0.05, 0) is 112 Å². The lowest BCUT2D eigenvalue weighted by atomic mass is 9.62. The van der Waals surface area contributed by atoms with Gasteiger partial charge in [0.2, 0.25) is 5.89 Å². The molecule has 1 aromatic rings. The van der Waals surface area contributed by atoms with Crippen LogP contribution in [-0.4, -0.2) is 44.6 Å². The van der Waals surface area contributed by atoms with Crippen molar-refractivity contribution in [3.63, 3.8) is 0 Å². The molecule has 0 spiro atoms. The average Bonchev–Trinajstić information content (AvgIpc) is 3.53. The topological polar surface area (TPSA) is 106 Å². The SMILES string of the molecule is C=C1/C(=C\C=C2/CCCC3(C)C(CCCC(OC(=O)C(C)CC)C4(c5nc(CCC)no5)CC4)CCC23)C[C@@H](O)C[C@@H]1O. The summed E-state index contributed by atoms with van der Waals surface area (Å²) >= 11 is 0. The minimum Gasteiger partial charge on any atom is -0.461 e. The first kappa shape index (κ1) is 32.2. The molecule has 7 nitrogen and oxygen atoms in total. The number of carbonyl (C=O) groups is 1. The van der Waals surface area contributed by atoms with E-state index in [1.54, 1.807) is 0 Å². The second-order valence-electron chi connectivity index (χ2n) is 14.3. The third-order valence-electron chi connectivity index (χ3n) is 11.5. The molecule has 1 heterocycles. The van der Waals surface area contributed by atoms with Crippen molar-refractivity contribution in [2.75, 3.05) is 0 Å². The number of hydrogen-bond donors (Lipinski definition) is 2. The Bertz CT molecular complexity index is 1210. The van der Waals surface area contributed by atoms with E-state index in [2.05, 4.69) is 37.7 Å². The Morgan fingerprint density at radius 1 is 1.21 bits per heavy atom. The lowest BCUT2D eigenvalue weighted by molar-refractivity contribution is -0.156. The smallest absolute Gasteiger partial charge is 0.308 e. The highest BCUT2D eigenvalue weighted by molar-refractivity contribution is 5.72. The summed E-state index contributed by atoms with van der Waals surface area (Å²) in [7, 11) is 0. The molecule has 0 aromatic carbocycles. The van der Waals surface area contributed by atoms with Crippen LogP contribution in [0.15, 0.2) is 40.0 Å². The van der Waals surface area contributed by atoms with E-state index in [0.717, 1.165) is 74.8 Å². The van der Waals surface area contributed by atoms with Crippen molar-refractivity contribution in [2.24, 2.45) is 23.2 Å². The number of hydrogen-bond acceptors (Lipinski definition) is 7. The molecule has 7 atom stereocenters. The van der Waals surface area contributed by atoms with E-state index in [4.69, 9.17) is 14.2 Å². The molecule has 7 heteroatoms. The number of carbonyl (C=O) groups excluding carboxylic acids is 1. The van der Waals surface area contributed by atoms with Crippen molar-refractivity contribution in [1.82, 2.24) is 10.1 Å². The Morgan fingerprint density at radius 3 is 2.72 bits per heavy atom. The zero-order valence-electron chi connectivity index (χ0n) is 26.9. The van der Waals surface area contributed by atoms with E-state index >= 15 is 0 Å². The molecule has 5 rings (SSSR count). The van der Waals surface area contributed by atoms with Gasteiger partial charge in [-0.25, -0.2) is 0 Å². The van der Waals surface area contributed by atoms with Crippen molar-refractivity contribution in [2.45, 2.75) is 148 Å². The first-order valence-corrected chi connectivity index (χ1v) is 17.1. The van der Waals surface area contributed by atoms with Crippen molar-refractivity contribution in [3.05, 3.63) is 47.2 Å². The molecule has 238 valence electrons. The van der Waals surface area contributed by atoms with E-state index in [1.807, 2.05) is 13.8 Å². The van der Waals surface area contributed by atoms with Gasteiger partial charge in [-0.2, -0.15) is 4.98 Å². The van der Waals surface area contributed by atoms with Crippen LogP contribution in [-0.2, 0) is 21.4 Å². The monoisotopic (exact) mass is 594 g/mol. The van der Waals surface area contributed by atoms with Crippen molar-refractivity contribution in [3.8, 4) is 0 Å². The third kappa shape index (κ3) is 6.73. The number of ether oxygens (including phenoxy) is 1.